The Morgan fingerprint density at radius 3 is 1.50 bits per heavy atom. The van der Waals surface area contributed by atoms with E-state index in [1.165, 1.54) is 12.8 Å². The SMILES string of the molecule is [CH]N1CCCCCCN1[CH]. The summed E-state index contributed by atoms with van der Waals surface area (Å²) in [4.78, 5) is 0. The Balaban J connectivity index is 2.28. The molecule has 1 aliphatic rings. The summed E-state index contributed by atoms with van der Waals surface area (Å²) in [5, 5.41) is 3.19. The van der Waals surface area contributed by atoms with Crippen LogP contribution in [0.25, 0.3) is 0 Å². The van der Waals surface area contributed by atoms with Gasteiger partial charge in [0.15, 0.2) is 0 Å². The molecule has 1 fully saturated rings. The number of rotatable bonds is 0. The lowest BCUT2D eigenvalue weighted by atomic mass is 10.2. The molecular formula is C8H14N2. The lowest BCUT2D eigenvalue weighted by molar-refractivity contribution is 0.0565. The van der Waals surface area contributed by atoms with Gasteiger partial charge in [0.2, 0.25) is 0 Å². The summed E-state index contributed by atoms with van der Waals surface area (Å²) in [6.07, 6.45) is 4.87. The topological polar surface area (TPSA) is 6.48 Å². The van der Waals surface area contributed by atoms with Crippen LogP contribution in [-0.4, -0.2) is 23.1 Å². The zero-order chi connectivity index (χ0) is 7.40. The monoisotopic (exact) mass is 138 g/mol. The van der Waals surface area contributed by atoms with Crippen LogP contribution in [0.1, 0.15) is 25.7 Å². The van der Waals surface area contributed by atoms with E-state index in [0.29, 0.717) is 0 Å². The first-order valence-electron chi connectivity index (χ1n) is 3.85. The predicted octanol–water partition coefficient (Wildman–Crippen LogP) is 1.42. The molecule has 0 N–H and O–H groups in total. The zero-order valence-electron chi connectivity index (χ0n) is 6.29. The fourth-order valence-electron chi connectivity index (χ4n) is 1.16. The standard InChI is InChI=1S/C8H14N2/c1-9-7-5-3-4-6-8-10(9)2/h1-2H,3-8H2. The molecule has 0 unspecified atom stereocenters. The molecular weight excluding hydrogens is 124 g/mol. The molecule has 1 aliphatic heterocycles. The second-order valence-corrected chi connectivity index (χ2v) is 2.74. The first kappa shape index (κ1) is 8.02. The third kappa shape index (κ3) is 2.27. The highest BCUT2D eigenvalue weighted by Crippen LogP contribution is 2.08. The van der Waals surface area contributed by atoms with Gasteiger partial charge < -0.3 is 0 Å². The minimum absolute atomic E-state index is 0.885. The van der Waals surface area contributed by atoms with Crippen molar-refractivity contribution in [2.24, 2.45) is 0 Å². The van der Waals surface area contributed by atoms with Crippen molar-refractivity contribution in [2.45, 2.75) is 25.7 Å². The zero-order valence-corrected chi connectivity index (χ0v) is 6.29. The van der Waals surface area contributed by atoms with Crippen LogP contribution in [0.2, 0.25) is 0 Å². The third-order valence-corrected chi connectivity index (χ3v) is 1.85. The third-order valence-electron chi connectivity index (χ3n) is 1.85. The van der Waals surface area contributed by atoms with Crippen LogP contribution in [0.5, 0.6) is 0 Å². The highest BCUT2D eigenvalue weighted by molar-refractivity contribution is 4.60. The lowest BCUT2D eigenvalue weighted by Crippen LogP contribution is -2.35. The van der Waals surface area contributed by atoms with Gasteiger partial charge in [0.05, 0.1) is 14.1 Å². The summed E-state index contributed by atoms with van der Waals surface area (Å²) in [6.45, 7) is 1.77. The predicted molar refractivity (Wildman–Crippen MR) is 40.5 cm³/mol. The van der Waals surface area contributed by atoms with Crippen molar-refractivity contribution in [1.82, 2.24) is 10.0 Å². The Hall–Kier alpha value is -0.0800. The van der Waals surface area contributed by atoms with Crippen molar-refractivity contribution in [3.05, 3.63) is 14.1 Å². The van der Waals surface area contributed by atoms with Gasteiger partial charge >= 0.3 is 0 Å². The number of hydrogen-bond acceptors (Lipinski definition) is 2. The van der Waals surface area contributed by atoms with E-state index < -0.39 is 0 Å². The maximum Gasteiger partial charge on any atom is 0.0617 e. The van der Waals surface area contributed by atoms with E-state index in [1.54, 1.807) is 10.0 Å². The van der Waals surface area contributed by atoms with Crippen molar-refractivity contribution in [1.29, 1.82) is 0 Å². The highest BCUT2D eigenvalue weighted by atomic mass is 15.6. The van der Waals surface area contributed by atoms with Crippen LogP contribution in [-0.2, 0) is 0 Å². The molecule has 0 amide bonds. The van der Waals surface area contributed by atoms with Gasteiger partial charge in [0.25, 0.3) is 0 Å². The molecule has 2 nitrogen and oxygen atoms in total. The fraction of sp³-hybridized carbons (Fsp3) is 0.750. The van der Waals surface area contributed by atoms with Gasteiger partial charge in [-0.25, -0.2) is 10.0 Å². The largest absolute Gasteiger partial charge is 0.235 e. The molecule has 10 heavy (non-hydrogen) atoms. The van der Waals surface area contributed by atoms with E-state index in [0.717, 1.165) is 25.9 Å². The van der Waals surface area contributed by atoms with Crippen molar-refractivity contribution >= 4 is 0 Å². The Bertz CT molecular complexity index is 81.3. The first-order valence-corrected chi connectivity index (χ1v) is 3.85. The normalized spacial score (nSPS) is 25.8. The Morgan fingerprint density at radius 2 is 1.10 bits per heavy atom. The fourth-order valence-corrected chi connectivity index (χ4v) is 1.16. The molecule has 0 bridgehead atoms. The van der Waals surface area contributed by atoms with E-state index >= 15 is 0 Å². The number of hydrogen-bond donors (Lipinski definition) is 0. The van der Waals surface area contributed by atoms with Crippen molar-refractivity contribution in [3.63, 3.8) is 0 Å². The van der Waals surface area contributed by atoms with Crippen LogP contribution >= 0.6 is 0 Å². The van der Waals surface area contributed by atoms with Gasteiger partial charge in [0.1, 0.15) is 0 Å². The van der Waals surface area contributed by atoms with Gasteiger partial charge in [-0.3, -0.25) is 0 Å². The molecule has 4 radical (unpaired) electrons. The molecule has 56 valence electrons. The van der Waals surface area contributed by atoms with Gasteiger partial charge in [-0.15, -0.1) is 0 Å². The Kier molecular flexibility index (Phi) is 3.16. The average molecular weight is 138 g/mol. The van der Waals surface area contributed by atoms with Crippen LogP contribution < -0.4 is 0 Å². The molecule has 2 heteroatoms. The molecule has 0 aromatic heterocycles. The molecule has 0 spiro atoms. The Morgan fingerprint density at radius 1 is 0.700 bits per heavy atom. The van der Waals surface area contributed by atoms with E-state index in [2.05, 4.69) is 0 Å². The van der Waals surface area contributed by atoms with Gasteiger partial charge in [-0.05, 0) is 12.8 Å². The van der Waals surface area contributed by atoms with Crippen LogP contribution in [0.15, 0.2) is 0 Å². The molecule has 1 rings (SSSR count). The molecule has 0 aliphatic carbocycles. The molecule has 0 aromatic carbocycles. The first-order chi connectivity index (χ1) is 4.80. The molecule has 1 saturated heterocycles. The van der Waals surface area contributed by atoms with Crippen LogP contribution in [0.3, 0.4) is 0 Å². The molecule has 0 atom stereocenters. The maximum absolute atomic E-state index is 5.58. The lowest BCUT2D eigenvalue weighted by Gasteiger charge is -2.28. The van der Waals surface area contributed by atoms with Crippen molar-refractivity contribution < 1.29 is 0 Å². The smallest absolute Gasteiger partial charge is 0.0617 e. The number of hydrazine groups is 1. The minimum atomic E-state index is 0.885. The van der Waals surface area contributed by atoms with E-state index in [9.17, 15) is 0 Å². The second kappa shape index (κ2) is 3.94. The van der Waals surface area contributed by atoms with Gasteiger partial charge in [-0.1, -0.05) is 12.8 Å². The van der Waals surface area contributed by atoms with Crippen LogP contribution in [0.4, 0.5) is 0 Å². The summed E-state index contributed by atoms with van der Waals surface area (Å²) in [6, 6.07) is 0. The number of nitrogens with zero attached hydrogens (tertiary/aromatic N) is 2. The second-order valence-electron chi connectivity index (χ2n) is 2.74. The Labute approximate surface area is 63.8 Å². The molecule has 1 heterocycles. The van der Waals surface area contributed by atoms with Crippen LogP contribution in [0, 0.1) is 14.1 Å². The highest BCUT2D eigenvalue weighted by Gasteiger charge is 2.08. The van der Waals surface area contributed by atoms with E-state index in [4.69, 9.17) is 14.1 Å². The maximum atomic E-state index is 5.58. The van der Waals surface area contributed by atoms with E-state index in [1.807, 2.05) is 0 Å². The summed E-state index contributed by atoms with van der Waals surface area (Å²) in [7, 11) is 11.2. The summed E-state index contributed by atoms with van der Waals surface area (Å²) >= 11 is 0. The summed E-state index contributed by atoms with van der Waals surface area (Å²) < 4.78 is 0. The van der Waals surface area contributed by atoms with Gasteiger partial charge in [-0.2, -0.15) is 0 Å². The molecule has 0 aromatic rings. The summed E-state index contributed by atoms with van der Waals surface area (Å²) in [5.41, 5.74) is 0. The molecule has 0 saturated carbocycles. The van der Waals surface area contributed by atoms with Gasteiger partial charge in [0, 0.05) is 13.1 Å². The quantitative estimate of drug-likeness (QED) is 0.499. The van der Waals surface area contributed by atoms with Crippen molar-refractivity contribution in [2.75, 3.05) is 13.1 Å². The minimum Gasteiger partial charge on any atom is -0.235 e. The van der Waals surface area contributed by atoms with Crippen molar-refractivity contribution in [3.8, 4) is 0 Å². The van der Waals surface area contributed by atoms with E-state index in [-0.39, 0.29) is 0 Å². The summed E-state index contributed by atoms with van der Waals surface area (Å²) in [5.74, 6) is 0. The average Bonchev–Trinajstić information content (AvgIpc) is 1.92.